The number of nitrogens with zero attached hydrogens (tertiary/aromatic N) is 2. The fourth-order valence-corrected chi connectivity index (χ4v) is 1.01. The zero-order valence-electron chi connectivity index (χ0n) is 10.5. The lowest BCUT2D eigenvalue weighted by Crippen LogP contribution is -2.52. The van der Waals surface area contributed by atoms with Gasteiger partial charge in [0, 0.05) is 13.1 Å². The van der Waals surface area contributed by atoms with Gasteiger partial charge < -0.3 is 11.5 Å². The molecule has 0 spiro atoms. The summed E-state index contributed by atoms with van der Waals surface area (Å²) in [6.45, 7) is 7.53. The minimum atomic E-state index is -0.0452. The Balaban J connectivity index is 4.17. The molecule has 0 aliphatic carbocycles. The summed E-state index contributed by atoms with van der Waals surface area (Å²) in [5.74, 6) is 0.720. The third-order valence-corrected chi connectivity index (χ3v) is 1.90. The van der Waals surface area contributed by atoms with Gasteiger partial charge in [0.25, 0.3) is 0 Å². The second kappa shape index (κ2) is 7.78. The molecule has 0 radical (unpaired) electrons. The van der Waals surface area contributed by atoms with Gasteiger partial charge in [0.15, 0.2) is 0 Å². The Hall–Kier alpha value is -1.46. The number of nitrogens with two attached hydrogens (primary N) is 2. The number of rotatable bonds is 5. The smallest absolute Gasteiger partial charge is 0.207 e. The van der Waals surface area contributed by atoms with Crippen molar-refractivity contribution in [3.8, 4) is 0 Å². The number of nitrogens with one attached hydrogen (secondary N) is 2. The molecule has 0 rings (SSSR count). The summed E-state index contributed by atoms with van der Waals surface area (Å²) in [5, 5.41) is 8.87. The predicted molar refractivity (Wildman–Crippen MR) is 68.0 cm³/mol. The molecule has 94 valence electrons. The molecule has 0 atom stereocenters. The van der Waals surface area contributed by atoms with Gasteiger partial charge in [0.05, 0.1) is 0 Å². The summed E-state index contributed by atoms with van der Waals surface area (Å²) in [4.78, 5) is 4.14. The Morgan fingerprint density at radius 3 is 2.50 bits per heavy atom. The zero-order valence-corrected chi connectivity index (χ0v) is 10.5. The summed E-state index contributed by atoms with van der Waals surface area (Å²) < 4.78 is 0. The first-order valence-corrected chi connectivity index (χ1v) is 5.65. The van der Waals surface area contributed by atoms with E-state index in [1.54, 1.807) is 0 Å². The molecule has 0 saturated heterocycles. The van der Waals surface area contributed by atoms with Gasteiger partial charge in [-0.25, -0.2) is 0 Å². The van der Waals surface area contributed by atoms with E-state index in [9.17, 15) is 0 Å². The fraction of sp³-hybridized carbons (Fsp3) is 0.800. The maximum Gasteiger partial charge on any atom is 0.207 e. The Labute approximate surface area is 97.6 Å². The lowest BCUT2D eigenvalue weighted by molar-refractivity contribution is 0.358. The van der Waals surface area contributed by atoms with Crippen LogP contribution in [0, 0.1) is 11.3 Å². The largest absolute Gasteiger partial charge is 0.369 e. The first kappa shape index (κ1) is 14.5. The van der Waals surface area contributed by atoms with Crippen LogP contribution in [-0.2, 0) is 0 Å². The van der Waals surface area contributed by atoms with Gasteiger partial charge >= 0.3 is 0 Å². The number of hydrogen-bond acceptors (Lipinski definition) is 2. The summed E-state index contributed by atoms with van der Waals surface area (Å²) in [6, 6.07) is 0. The van der Waals surface area contributed by atoms with Crippen molar-refractivity contribution < 1.29 is 0 Å². The van der Waals surface area contributed by atoms with E-state index in [1.807, 2.05) is 0 Å². The molecule has 0 aliphatic heterocycles. The third kappa shape index (κ3) is 6.92. The van der Waals surface area contributed by atoms with Crippen LogP contribution in [0.1, 0.15) is 33.6 Å². The number of aliphatic imine (C=N–C) groups is 1. The number of hydrogen-bond donors (Lipinski definition) is 4. The fourth-order valence-electron chi connectivity index (χ4n) is 1.01. The second-order valence-corrected chi connectivity index (χ2v) is 4.12. The third-order valence-electron chi connectivity index (χ3n) is 1.90. The topological polar surface area (TPSA) is 104 Å². The number of guanidine groups is 2. The maximum absolute atomic E-state index is 7.37. The van der Waals surface area contributed by atoms with Gasteiger partial charge in [0.2, 0.25) is 11.9 Å². The van der Waals surface area contributed by atoms with E-state index in [0.717, 1.165) is 12.8 Å². The highest BCUT2D eigenvalue weighted by atomic mass is 15.6. The molecule has 0 heterocycles. The van der Waals surface area contributed by atoms with Crippen molar-refractivity contribution in [1.82, 2.24) is 10.4 Å². The Morgan fingerprint density at radius 2 is 2.06 bits per heavy atom. The lowest BCUT2D eigenvalue weighted by atomic mass is 10.2. The highest BCUT2D eigenvalue weighted by Gasteiger charge is 2.06. The molecule has 0 aromatic carbocycles. The van der Waals surface area contributed by atoms with Gasteiger partial charge in [-0.1, -0.05) is 27.2 Å². The van der Waals surface area contributed by atoms with E-state index in [2.05, 4.69) is 31.2 Å². The first-order valence-electron chi connectivity index (χ1n) is 5.65. The van der Waals surface area contributed by atoms with E-state index < -0.39 is 0 Å². The van der Waals surface area contributed by atoms with Crippen molar-refractivity contribution in [1.29, 1.82) is 5.41 Å². The molecular weight excluding hydrogens is 204 g/mol. The molecule has 0 aromatic rings. The van der Waals surface area contributed by atoms with Crippen molar-refractivity contribution in [2.75, 3.05) is 13.1 Å². The molecule has 6 nitrogen and oxygen atoms in total. The molecule has 0 bridgehead atoms. The van der Waals surface area contributed by atoms with Crippen LogP contribution in [-0.4, -0.2) is 30.0 Å². The van der Waals surface area contributed by atoms with Gasteiger partial charge in [-0.3, -0.25) is 20.8 Å². The monoisotopic (exact) mass is 228 g/mol. The minimum absolute atomic E-state index is 0.0452. The number of unbranched alkanes of at least 4 members (excludes halogenated alkanes) is 1. The Bertz CT molecular complexity index is 235. The summed E-state index contributed by atoms with van der Waals surface area (Å²) >= 11 is 0. The summed E-state index contributed by atoms with van der Waals surface area (Å²) in [5.41, 5.74) is 13.9. The van der Waals surface area contributed by atoms with Crippen LogP contribution in [0.4, 0.5) is 0 Å². The zero-order chi connectivity index (χ0) is 12.6. The van der Waals surface area contributed by atoms with Crippen LogP contribution in [0.5, 0.6) is 0 Å². The van der Waals surface area contributed by atoms with Crippen LogP contribution in [0.3, 0.4) is 0 Å². The molecule has 0 fully saturated rings. The van der Waals surface area contributed by atoms with E-state index in [4.69, 9.17) is 16.9 Å². The molecule has 6 N–H and O–H groups in total. The number of hydrazine groups is 1. The van der Waals surface area contributed by atoms with Gasteiger partial charge in [0.1, 0.15) is 0 Å². The van der Waals surface area contributed by atoms with E-state index in [0.29, 0.717) is 25.0 Å². The lowest BCUT2D eigenvalue weighted by Gasteiger charge is -2.23. The Kier molecular flexibility index (Phi) is 7.07. The molecule has 0 amide bonds. The van der Waals surface area contributed by atoms with Crippen LogP contribution >= 0.6 is 0 Å². The van der Waals surface area contributed by atoms with Crippen LogP contribution in [0.15, 0.2) is 4.99 Å². The van der Waals surface area contributed by atoms with Crippen molar-refractivity contribution in [3.63, 3.8) is 0 Å². The first-order chi connectivity index (χ1) is 7.47. The maximum atomic E-state index is 7.37. The highest BCUT2D eigenvalue weighted by molar-refractivity contribution is 5.82. The van der Waals surface area contributed by atoms with E-state index in [-0.39, 0.29) is 5.96 Å². The average molecular weight is 228 g/mol. The van der Waals surface area contributed by atoms with Crippen molar-refractivity contribution in [3.05, 3.63) is 0 Å². The van der Waals surface area contributed by atoms with Gasteiger partial charge in [-0.15, -0.1) is 0 Å². The van der Waals surface area contributed by atoms with Crippen molar-refractivity contribution >= 4 is 11.9 Å². The van der Waals surface area contributed by atoms with Gasteiger partial charge in [-0.05, 0) is 12.3 Å². The SMILES string of the molecule is CCCCN(NC(N)=NCC(C)C)C(=N)N. The summed E-state index contributed by atoms with van der Waals surface area (Å²) in [7, 11) is 0. The average Bonchev–Trinajstić information content (AvgIpc) is 2.20. The Morgan fingerprint density at radius 1 is 1.44 bits per heavy atom. The molecule has 16 heavy (non-hydrogen) atoms. The summed E-state index contributed by atoms with van der Waals surface area (Å²) in [6.07, 6.45) is 1.98. The van der Waals surface area contributed by atoms with E-state index in [1.165, 1.54) is 5.01 Å². The van der Waals surface area contributed by atoms with Crippen molar-refractivity contribution in [2.45, 2.75) is 33.6 Å². The molecule has 0 unspecified atom stereocenters. The van der Waals surface area contributed by atoms with Crippen molar-refractivity contribution in [2.24, 2.45) is 22.4 Å². The highest BCUT2D eigenvalue weighted by Crippen LogP contribution is 1.92. The van der Waals surface area contributed by atoms with Crippen LogP contribution in [0.2, 0.25) is 0 Å². The molecule has 0 saturated carbocycles. The quantitative estimate of drug-likeness (QED) is 0.312. The van der Waals surface area contributed by atoms with Crippen LogP contribution < -0.4 is 16.9 Å². The molecular formula is C10H24N6. The standard InChI is InChI=1S/C10H24N6/c1-4-5-6-16(9(11)12)15-10(13)14-7-8(2)3/h8H,4-7H2,1-3H3,(H3,11,12)(H3,13,14,15). The second-order valence-electron chi connectivity index (χ2n) is 4.12. The normalized spacial score (nSPS) is 11.6. The molecule has 0 aromatic heterocycles. The van der Waals surface area contributed by atoms with E-state index >= 15 is 0 Å². The minimum Gasteiger partial charge on any atom is -0.369 e. The molecule has 0 aliphatic rings. The predicted octanol–water partition coefficient (Wildman–Crippen LogP) is 0.457. The van der Waals surface area contributed by atoms with Crippen LogP contribution in [0.25, 0.3) is 0 Å². The molecule has 6 heteroatoms. The van der Waals surface area contributed by atoms with Gasteiger partial charge in [-0.2, -0.15) is 0 Å².